The van der Waals surface area contributed by atoms with Gasteiger partial charge < -0.3 is 10.2 Å². The molecule has 2 aromatic rings. The molecule has 132 valence electrons. The molecule has 0 saturated carbocycles. The zero-order valence-corrected chi connectivity index (χ0v) is 15.6. The van der Waals surface area contributed by atoms with Crippen LogP contribution in [-0.4, -0.2) is 37.6 Å². The number of nitrogens with one attached hydrogen (secondary N) is 1. The van der Waals surface area contributed by atoms with Crippen LogP contribution in [0.2, 0.25) is 0 Å². The lowest BCUT2D eigenvalue weighted by atomic mass is 10.0. The van der Waals surface area contributed by atoms with Gasteiger partial charge in [0.05, 0.1) is 0 Å². The average Bonchev–Trinajstić information content (AvgIpc) is 2.63. The van der Waals surface area contributed by atoms with E-state index in [9.17, 15) is 0 Å². The van der Waals surface area contributed by atoms with Crippen molar-refractivity contribution >= 4 is 12.2 Å². The standard InChI is InChI=1S/C23H30N2/c1-19-6-3-7-20(2)23(19)12-11-22-9-4-8-21(18-22)10-5-15-25-16-13-24-14-17-25/h3-4,6-9,11-12,18,24H,5,10,13-17H2,1-2H3/b12-11-. The number of hydrogen-bond acceptors (Lipinski definition) is 2. The molecule has 2 nitrogen and oxygen atoms in total. The van der Waals surface area contributed by atoms with Crippen molar-refractivity contribution in [2.75, 3.05) is 32.7 Å². The Balaban J connectivity index is 1.58. The third-order valence-electron chi connectivity index (χ3n) is 5.09. The fourth-order valence-electron chi connectivity index (χ4n) is 3.56. The summed E-state index contributed by atoms with van der Waals surface area (Å²) in [6.07, 6.45) is 6.90. The first-order valence-corrected chi connectivity index (χ1v) is 9.49. The third kappa shape index (κ3) is 5.29. The highest BCUT2D eigenvalue weighted by Gasteiger charge is 2.08. The van der Waals surface area contributed by atoms with Gasteiger partial charge in [-0.15, -0.1) is 0 Å². The summed E-state index contributed by atoms with van der Waals surface area (Å²) in [5.41, 5.74) is 6.75. The first-order chi connectivity index (χ1) is 12.2. The highest BCUT2D eigenvalue weighted by atomic mass is 15.2. The molecule has 0 aliphatic carbocycles. The summed E-state index contributed by atoms with van der Waals surface area (Å²) < 4.78 is 0. The lowest BCUT2D eigenvalue weighted by Gasteiger charge is -2.27. The van der Waals surface area contributed by atoms with Gasteiger partial charge in [0.15, 0.2) is 0 Å². The van der Waals surface area contributed by atoms with E-state index in [2.05, 4.69) is 78.7 Å². The molecule has 0 atom stereocenters. The van der Waals surface area contributed by atoms with E-state index in [4.69, 9.17) is 0 Å². The van der Waals surface area contributed by atoms with E-state index in [-0.39, 0.29) is 0 Å². The second-order valence-corrected chi connectivity index (χ2v) is 7.08. The van der Waals surface area contributed by atoms with Crippen LogP contribution >= 0.6 is 0 Å². The van der Waals surface area contributed by atoms with Crippen LogP contribution in [-0.2, 0) is 6.42 Å². The number of piperazine rings is 1. The maximum absolute atomic E-state index is 3.42. The Morgan fingerprint density at radius 1 is 0.960 bits per heavy atom. The molecule has 1 saturated heterocycles. The van der Waals surface area contributed by atoms with Crippen molar-refractivity contribution in [2.24, 2.45) is 0 Å². The van der Waals surface area contributed by atoms with E-state index < -0.39 is 0 Å². The fourth-order valence-corrected chi connectivity index (χ4v) is 3.56. The molecule has 2 heteroatoms. The molecule has 25 heavy (non-hydrogen) atoms. The molecule has 2 aromatic carbocycles. The molecule has 0 amide bonds. The minimum Gasteiger partial charge on any atom is -0.314 e. The van der Waals surface area contributed by atoms with Crippen molar-refractivity contribution < 1.29 is 0 Å². The Labute approximate surface area is 152 Å². The molecule has 0 radical (unpaired) electrons. The number of rotatable bonds is 6. The van der Waals surface area contributed by atoms with Crippen LogP contribution in [0.3, 0.4) is 0 Å². The van der Waals surface area contributed by atoms with E-state index in [0.29, 0.717) is 0 Å². The summed E-state index contributed by atoms with van der Waals surface area (Å²) in [5, 5.41) is 3.42. The predicted molar refractivity (Wildman–Crippen MR) is 109 cm³/mol. The lowest BCUT2D eigenvalue weighted by molar-refractivity contribution is 0.238. The van der Waals surface area contributed by atoms with Crippen LogP contribution in [0.25, 0.3) is 12.2 Å². The van der Waals surface area contributed by atoms with Gasteiger partial charge in [0.1, 0.15) is 0 Å². The summed E-state index contributed by atoms with van der Waals surface area (Å²) in [6, 6.07) is 15.5. The average molecular weight is 335 g/mol. The van der Waals surface area contributed by atoms with Crippen LogP contribution < -0.4 is 5.32 Å². The van der Waals surface area contributed by atoms with Crippen LogP contribution in [0.5, 0.6) is 0 Å². The van der Waals surface area contributed by atoms with E-state index in [0.717, 1.165) is 19.5 Å². The normalized spacial score (nSPS) is 15.8. The molecule has 0 bridgehead atoms. The monoisotopic (exact) mass is 334 g/mol. The molecule has 0 aromatic heterocycles. The van der Waals surface area contributed by atoms with Crippen LogP contribution in [0.1, 0.15) is 34.2 Å². The third-order valence-corrected chi connectivity index (χ3v) is 5.09. The van der Waals surface area contributed by atoms with Crippen LogP contribution in [0.4, 0.5) is 0 Å². The molecule has 1 aliphatic heterocycles. The summed E-state index contributed by atoms with van der Waals surface area (Å²) in [5.74, 6) is 0. The molecule has 1 aliphatic rings. The Bertz CT molecular complexity index is 692. The minimum atomic E-state index is 1.14. The molecule has 0 spiro atoms. The first kappa shape index (κ1) is 17.9. The molecule has 0 unspecified atom stereocenters. The van der Waals surface area contributed by atoms with Gasteiger partial charge in [-0.05, 0) is 61.1 Å². The highest BCUT2D eigenvalue weighted by molar-refractivity contribution is 5.72. The highest BCUT2D eigenvalue weighted by Crippen LogP contribution is 2.17. The van der Waals surface area contributed by atoms with E-state index >= 15 is 0 Å². The molecule has 1 heterocycles. The number of hydrogen-bond donors (Lipinski definition) is 1. The Kier molecular flexibility index (Phi) is 6.43. The van der Waals surface area contributed by atoms with Crippen molar-refractivity contribution in [3.63, 3.8) is 0 Å². The number of benzene rings is 2. The van der Waals surface area contributed by atoms with Crippen molar-refractivity contribution in [3.8, 4) is 0 Å². The van der Waals surface area contributed by atoms with Crippen LogP contribution in [0.15, 0.2) is 42.5 Å². The second kappa shape index (κ2) is 8.98. The topological polar surface area (TPSA) is 15.3 Å². The SMILES string of the molecule is Cc1cccc(C)c1/C=C\c1cccc(CCCN2CCNCC2)c1. The van der Waals surface area contributed by atoms with E-state index in [1.807, 2.05) is 0 Å². The zero-order chi connectivity index (χ0) is 17.5. The van der Waals surface area contributed by atoms with Gasteiger partial charge in [-0.2, -0.15) is 0 Å². The summed E-state index contributed by atoms with van der Waals surface area (Å²) in [7, 11) is 0. The van der Waals surface area contributed by atoms with Gasteiger partial charge in [-0.3, -0.25) is 0 Å². The van der Waals surface area contributed by atoms with Gasteiger partial charge in [0, 0.05) is 26.2 Å². The Morgan fingerprint density at radius 2 is 1.68 bits per heavy atom. The number of aryl methyl sites for hydroxylation is 3. The maximum atomic E-state index is 3.42. The fraction of sp³-hybridized carbons (Fsp3) is 0.391. The molecular weight excluding hydrogens is 304 g/mol. The Hall–Kier alpha value is -1.90. The van der Waals surface area contributed by atoms with Crippen LogP contribution in [0, 0.1) is 13.8 Å². The van der Waals surface area contributed by atoms with Gasteiger partial charge in [0.2, 0.25) is 0 Å². The quantitative estimate of drug-likeness (QED) is 0.792. The summed E-state index contributed by atoms with van der Waals surface area (Å²) in [6.45, 7) is 10.2. The number of nitrogens with zero attached hydrogens (tertiary/aromatic N) is 1. The first-order valence-electron chi connectivity index (χ1n) is 9.49. The van der Waals surface area contributed by atoms with Gasteiger partial charge in [-0.1, -0.05) is 54.6 Å². The maximum Gasteiger partial charge on any atom is 0.0107 e. The zero-order valence-electron chi connectivity index (χ0n) is 15.6. The molecule has 1 fully saturated rings. The smallest absolute Gasteiger partial charge is 0.0107 e. The molecule has 1 N–H and O–H groups in total. The second-order valence-electron chi connectivity index (χ2n) is 7.08. The summed E-state index contributed by atoms with van der Waals surface area (Å²) in [4.78, 5) is 2.57. The lowest BCUT2D eigenvalue weighted by Crippen LogP contribution is -2.43. The largest absolute Gasteiger partial charge is 0.314 e. The van der Waals surface area contributed by atoms with E-state index in [1.54, 1.807) is 0 Å². The van der Waals surface area contributed by atoms with E-state index in [1.165, 1.54) is 53.9 Å². The summed E-state index contributed by atoms with van der Waals surface area (Å²) >= 11 is 0. The van der Waals surface area contributed by atoms with Gasteiger partial charge in [0.25, 0.3) is 0 Å². The predicted octanol–water partition coefficient (Wildman–Crippen LogP) is 4.31. The molecule has 3 rings (SSSR count). The van der Waals surface area contributed by atoms with Crippen molar-refractivity contribution in [1.82, 2.24) is 10.2 Å². The molecular formula is C23H30N2. The van der Waals surface area contributed by atoms with Gasteiger partial charge >= 0.3 is 0 Å². The van der Waals surface area contributed by atoms with Crippen molar-refractivity contribution in [3.05, 3.63) is 70.3 Å². The van der Waals surface area contributed by atoms with Crippen molar-refractivity contribution in [2.45, 2.75) is 26.7 Å². The van der Waals surface area contributed by atoms with Crippen molar-refractivity contribution in [1.29, 1.82) is 0 Å². The Morgan fingerprint density at radius 3 is 2.44 bits per heavy atom. The van der Waals surface area contributed by atoms with Gasteiger partial charge in [-0.25, -0.2) is 0 Å². The minimum absolute atomic E-state index is 1.14.